The number of benzene rings is 1. The summed E-state index contributed by atoms with van der Waals surface area (Å²) in [7, 11) is 1.60. The number of methoxy groups -OCH3 is 1. The normalized spacial score (nSPS) is 10.6. The zero-order valence-electron chi connectivity index (χ0n) is 10.2. The van der Waals surface area contributed by atoms with Crippen LogP contribution in [0, 0.1) is 6.92 Å². The van der Waals surface area contributed by atoms with Crippen LogP contribution in [-0.2, 0) is 11.3 Å². The minimum Gasteiger partial charge on any atom is -0.478 e. The molecule has 0 fully saturated rings. The third-order valence-corrected chi connectivity index (χ3v) is 2.60. The van der Waals surface area contributed by atoms with Gasteiger partial charge in [0.15, 0.2) is 0 Å². The maximum atomic E-state index is 10.9. The van der Waals surface area contributed by atoms with Crippen molar-refractivity contribution in [1.29, 1.82) is 0 Å². The largest absolute Gasteiger partial charge is 0.478 e. The fraction of sp³-hybridized carbons (Fsp3) is 0.231. The lowest BCUT2D eigenvalue weighted by molar-refractivity contribution is 0.0697. The van der Waals surface area contributed by atoms with Crippen LogP contribution < -0.4 is 0 Å². The first-order chi connectivity index (χ1) is 8.61. The van der Waals surface area contributed by atoms with Gasteiger partial charge >= 0.3 is 5.97 Å². The monoisotopic (exact) mass is 246 g/mol. The van der Waals surface area contributed by atoms with E-state index < -0.39 is 5.97 Å². The SMILES string of the molecule is COCc1nc(-c2cccc(C(=O)O)c2)c(C)[nH]1. The minimum atomic E-state index is -0.942. The van der Waals surface area contributed by atoms with Crippen LogP contribution in [0.4, 0.5) is 0 Å². The molecule has 0 saturated carbocycles. The van der Waals surface area contributed by atoms with Crippen LogP contribution in [0.3, 0.4) is 0 Å². The van der Waals surface area contributed by atoms with Crippen LogP contribution in [0.5, 0.6) is 0 Å². The van der Waals surface area contributed by atoms with E-state index in [9.17, 15) is 4.79 Å². The van der Waals surface area contributed by atoms with Gasteiger partial charge in [-0.15, -0.1) is 0 Å². The van der Waals surface area contributed by atoms with Gasteiger partial charge in [-0.1, -0.05) is 12.1 Å². The van der Waals surface area contributed by atoms with Gasteiger partial charge in [0, 0.05) is 18.4 Å². The van der Waals surface area contributed by atoms with Gasteiger partial charge in [0.2, 0.25) is 0 Å². The minimum absolute atomic E-state index is 0.253. The van der Waals surface area contributed by atoms with Crippen molar-refractivity contribution < 1.29 is 14.6 Å². The van der Waals surface area contributed by atoms with E-state index in [1.165, 1.54) is 0 Å². The number of carbonyl (C=O) groups is 1. The standard InChI is InChI=1S/C13H14N2O3/c1-8-12(15-11(14-8)7-18-2)9-4-3-5-10(6-9)13(16)17/h3-6H,7H2,1-2H3,(H,14,15)(H,16,17). The van der Waals surface area contributed by atoms with E-state index in [4.69, 9.17) is 9.84 Å². The second-order valence-electron chi connectivity index (χ2n) is 3.98. The maximum absolute atomic E-state index is 10.9. The van der Waals surface area contributed by atoms with E-state index in [-0.39, 0.29) is 5.56 Å². The Labute approximate surface area is 104 Å². The quantitative estimate of drug-likeness (QED) is 0.867. The summed E-state index contributed by atoms with van der Waals surface area (Å²) in [4.78, 5) is 18.4. The Hall–Kier alpha value is -2.14. The number of nitrogens with one attached hydrogen (secondary N) is 1. The molecule has 1 heterocycles. The smallest absolute Gasteiger partial charge is 0.335 e. The lowest BCUT2D eigenvalue weighted by atomic mass is 10.1. The van der Waals surface area contributed by atoms with Crippen molar-refractivity contribution in [2.75, 3.05) is 7.11 Å². The van der Waals surface area contributed by atoms with E-state index in [0.717, 1.165) is 22.8 Å². The summed E-state index contributed by atoms with van der Waals surface area (Å²) >= 11 is 0. The fourth-order valence-corrected chi connectivity index (χ4v) is 1.81. The Bertz CT molecular complexity index is 575. The molecule has 0 saturated heterocycles. The highest BCUT2D eigenvalue weighted by molar-refractivity contribution is 5.89. The van der Waals surface area contributed by atoms with E-state index in [1.54, 1.807) is 25.3 Å². The van der Waals surface area contributed by atoms with E-state index in [1.807, 2.05) is 13.0 Å². The third-order valence-electron chi connectivity index (χ3n) is 2.60. The Morgan fingerprint density at radius 3 is 2.94 bits per heavy atom. The Morgan fingerprint density at radius 2 is 2.28 bits per heavy atom. The number of aromatic amines is 1. The zero-order chi connectivity index (χ0) is 13.1. The molecular formula is C13H14N2O3. The van der Waals surface area contributed by atoms with Gasteiger partial charge in [-0.25, -0.2) is 9.78 Å². The highest BCUT2D eigenvalue weighted by Gasteiger charge is 2.11. The van der Waals surface area contributed by atoms with Crippen molar-refractivity contribution in [3.8, 4) is 11.3 Å². The zero-order valence-corrected chi connectivity index (χ0v) is 10.2. The molecule has 2 rings (SSSR count). The molecule has 0 unspecified atom stereocenters. The van der Waals surface area contributed by atoms with Gasteiger partial charge in [-0.05, 0) is 19.1 Å². The summed E-state index contributed by atoms with van der Waals surface area (Å²) in [5, 5.41) is 8.97. The van der Waals surface area contributed by atoms with Crippen molar-refractivity contribution in [3.63, 3.8) is 0 Å². The molecular weight excluding hydrogens is 232 g/mol. The molecule has 1 aromatic carbocycles. The Morgan fingerprint density at radius 1 is 1.50 bits per heavy atom. The Balaban J connectivity index is 2.41. The molecule has 5 heteroatoms. The first-order valence-electron chi connectivity index (χ1n) is 5.50. The average Bonchev–Trinajstić information content (AvgIpc) is 2.71. The third kappa shape index (κ3) is 2.41. The predicted octanol–water partition coefficient (Wildman–Crippen LogP) is 2.23. The van der Waals surface area contributed by atoms with Gasteiger partial charge in [0.05, 0.1) is 11.3 Å². The van der Waals surface area contributed by atoms with Crippen LogP contribution in [0.1, 0.15) is 21.9 Å². The van der Waals surface area contributed by atoms with Crippen LogP contribution >= 0.6 is 0 Å². The van der Waals surface area contributed by atoms with Gasteiger partial charge in [-0.3, -0.25) is 0 Å². The number of ether oxygens (including phenoxy) is 1. The highest BCUT2D eigenvalue weighted by atomic mass is 16.5. The van der Waals surface area contributed by atoms with Crippen molar-refractivity contribution in [3.05, 3.63) is 41.3 Å². The van der Waals surface area contributed by atoms with Gasteiger partial charge in [0.1, 0.15) is 12.4 Å². The molecule has 5 nitrogen and oxygen atoms in total. The summed E-state index contributed by atoms with van der Waals surface area (Å²) in [5.41, 5.74) is 2.68. The van der Waals surface area contributed by atoms with Crippen LogP contribution in [-0.4, -0.2) is 28.2 Å². The number of imidazole rings is 1. The number of hydrogen-bond acceptors (Lipinski definition) is 3. The van der Waals surface area contributed by atoms with Gasteiger partial charge < -0.3 is 14.8 Å². The van der Waals surface area contributed by atoms with E-state index >= 15 is 0 Å². The first kappa shape index (κ1) is 12.3. The molecule has 0 bridgehead atoms. The van der Waals surface area contributed by atoms with Gasteiger partial charge in [0.25, 0.3) is 0 Å². The molecule has 2 aromatic rings. The van der Waals surface area contributed by atoms with Crippen molar-refractivity contribution in [2.45, 2.75) is 13.5 Å². The van der Waals surface area contributed by atoms with Crippen LogP contribution in [0.2, 0.25) is 0 Å². The second-order valence-corrected chi connectivity index (χ2v) is 3.98. The molecule has 2 N–H and O–H groups in total. The lowest BCUT2D eigenvalue weighted by Gasteiger charge is -2.00. The van der Waals surface area contributed by atoms with Gasteiger partial charge in [-0.2, -0.15) is 0 Å². The molecule has 0 atom stereocenters. The van der Waals surface area contributed by atoms with E-state index in [0.29, 0.717) is 6.61 Å². The number of hydrogen-bond donors (Lipinski definition) is 2. The van der Waals surface area contributed by atoms with Crippen LogP contribution in [0.15, 0.2) is 24.3 Å². The summed E-state index contributed by atoms with van der Waals surface area (Å²) in [6.07, 6.45) is 0. The van der Waals surface area contributed by atoms with Crippen molar-refractivity contribution in [1.82, 2.24) is 9.97 Å². The summed E-state index contributed by atoms with van der Waals surface area (Å²) in [5.74, 6) is -0.215. The molecule has 0 radical (unpaired) electrons. The number of aryl methyl sites for hydroxylation is 1. The summed E-state index contributed by atoms with van der Waals surface area (Å²) in [6, 6.07) is 6.72. The molecule has 0 spiro atoms. The molecule has 0 aliphatic heterocycles. The molecule has 0 aliphatic carbocycles. The first-order valence-corrected chi connectivity index (χ1v) is 5.50. The number of H-pyrrole nitrogens is 1. The number of aromatic nitrogens is 2. The highest BCUT2D eigenvalue weighted by Crippen LogP contribution is 2.22. The molecule has 1 aromatic heterocycles. The number of carboxylic acids is 1. The topological polar surface area (TPSA) is 75.2 Å². The number of rotatable bonds is 4. The average molecular weight is 246 g/mol. The molecule has 94 valence electrons. The lowest BCUT2D eigenvalue weighted by Crippen LogP contribution is -1.96. The summed E-state index contributed by atoms with van der Waals surface area (Å²) in [6.45, 7) is 2.30. The summed E-state index contributed by atoms with van der Waals surface area (Å²) < 4.78 is 5.01. The van der Waals surface area contributed by atoms with Crippen molar-refractivity contribution >= 4 is 5.97 Å². The second kappa shape index (κ2) is 5.01. The molecule has 0 aliphatic rings. The van der Waals surface area contributed by atoms with E-state index in [2.05, 4.69) is 9.97 Å². The maximum Gasteiger partial charge on any atom is 0.335 e. The van der Waals surface area contributed by atoms with Crippen molar-refractivity contribution in [2.24, 2.45) is 0 Å². The molecule has 0 amide bonds. The number of aromatic carboxylic acids is 1. The fourth-order valence-electron chi connectivity index (χ4n) is 1.81. The predicted molar refractivity (Wildman–Crippen MR) is 66.4 cm³/mol. The molecule has 18 heavy (non-hydrogen) atoms. The van der Waals surface area contributed by atoms with Crippen LogP contribution in [0.25, 0.3) is 11.3 Å². The Kier molecular flexibility index (Phi) is 3.43. The number of carboxylic acid groups (broad SMARTS) is 1. The number of nitrogens with zero attached hydrogens (tertiary/aromatic N) is 1.